The molecule has 0 saturated heterocycles. The standard InChI is InChI=1S/C11H10N2/c1-11(2)5-9(7-12)3-4-10(6-11)8-13/h3-6H,1-2H3. The number of nitrogens with zero attached hydrogens (tertiary/aromatic N) is 2. The summed E-state index contributed by atoms with van der Waals surface area (Å²) in [7, 11) is 0. The lowest BCUT2D eigenvalue weighted by atomic mass is 9.90. The number of nitriles is 2. The molecule has 0 spiro atoms. The first-order valence-corrected chi connectivity index (χ1v) is 4.01. The lowest BCUT2D eigenvalue weighted by Crippen LogP contribution is -2.03. The Bertz CT molecular complexity index is 345. The highest BCUT2D eigenvalue weighted by molar-refractivity contribution is 5.46. The zero-order valence-corrected chi connectivity index (χ0v) is 7.70. The van der Waals surface area contributed by atoms with Gasteiger partial charge >= 0.3 is 0 Å². The van der Waals surface area contributed by atoms with E-state index in [0.717, 1.165) is 0 Å². The SMILES string of the molecule is CC1(C)C=C(C#N)C=CC(C#N)=C1. The van der Waals surface area contributed by atoms with E-state index in [0.29, 0.717) is 11.1 Å². The number of hydrogen-bond acceptors (Lipinski definition) is 2. The lowest BCUT2D eigenvalue weighted by Gasteiger charge is -2.13. The topological polar surface area (TPSA) is 47.6 Å². The summed E-state index contributed by atoms with van der Waals surface area (Å²) in [5.74, 6) is 0. The van der Waals surface area contributed by atoms with Crippen LogP contribution in [0.25, 0.3) is 0 Å². The second-order valence-corrected chi connectivity index (χ2v) is 3.58. The monoisotopic (exact) mass is 170 g/mol. The summed E-state index contributed by atoms with van der Waals surface area (Å²) in [6.07, 6.45) is 7.05. The Morgan fingerprint density at radius 1 is 1.00 bits per heavy atom. The fraction of sp³-hybridized carbons (Fsp3) is 0.273. The van der Waals surface area contributed by atoms with Crippen LogP contribution in [-0.2, 0) is 0 Å². The van der Waals surface area contributed by atoms with Crippen LogP contribution in [0.2, 0.25) is 0 Å². The molecule has 0 amide bonds. The third-order valence-electron chi connectivity index (χ3n) is 1.76. The predicted molar refractivity (Wildman–Crippen MR) is 50.3 cm³/mol. The minimum Gasteiger partial charge on any atom is -0.192 e. The van der Waals surface area contributed by atoms with Gasteiger partial charge in [0, 0.05) is 16.6 Å². The summed E-state index contributed by atoms with van der Waals surface area (Å²) in [5.41, 5.74) is 0.984. The van der Waals surface area contributed by atoms with E-state index in [4.69, 9.17) is 10.5 Å². The van der Waals surface area contributed by atoms with Crippen molar-refractivity contribution in [3.8, 4) is 12.1 Å². The van der Waals surface area contributed by atoms with Crippen LogP contribution in [0.4, 0.5) is 0 Å². The quantitative estimate of drug-likeness (QED) is 0.560. The Hall–Kier alpha value is -1.80. The first-order valence-electron chi connectivity index (χ1n) is 4.01. The minimum atomic E-state index is -0.223. The Morgan fingerprint density at radius 3 is 1.69 bits per heavy atom. The predicted octanol–water partition coefficient (Wildman–Crippen LogP) is 2.48. The molecule has 0 unspecified atom stereocenters. The van der Waals surface area contributed by atoms with Gasteiger partial charge in [-0.2, -0.15) is 10.5 Å². The summed E-state index contributed by atoms with van der Waals surface area (Å²) in [5, 5.41) is 17.5. The van der Waals surface area contributed by atoms with Crippen molar-refractivity contribution in [3.63, 3.8) is 0 Å². The lowest BCUT2D eigenvalue weighted by molar-refractivity contribution is 0.623. The van der Waals surface area contributed by atoms with E-state index in [1.165, 1.54) is 0 Å². The smallest absolute Gasteiger partial charge is 0.0988 e. The molecule has 1 aliphatic carbocycles. The largest absolute Gasteiger partial charge is 0.192 e. The van der Waals surface area contributed by atoms with Crippen LogP contribution in [0, 0.1) is 28.1 Å². The van der Waals surface area contributed by atoms with Gasteiger partial charge in [0.1, 0.15) is 0 Å². The Balaban J connectivity index is 3.17. The van der Waals surface area contributed by atoms with E-state index in [-0.39, 0.29) is 5.41 Å². The second kappa shape index (κ2) is 3.29. The molecule has 0 aliphatic heterocycles. The van der Waals surface area contributed by atoms with Crippen LogP contribution in [0.5, 0.6) is 0 Å². The van der Waals surface area contributed by atoms with Crippen molar-refractivity contribution >= 4 is 0 Å². The summed E-state index contributed by atoms with van der Waals surface area (Å²) < 4.78 is 0. The van der Waals surface area contributed by atoms with Crippen molar-refractivity contribution in [2.45, 2.75) is 13.8 Å². The first kappa shape index (κ1) is 9.29. The summed E-state index contributed by atoms with van der Waals surface area (Å²) in [4.78, 5) is 0. The Morgan fingerprint density at radius 2 is 1.38 bits per heavy atom. The molecule has 1 rings (SSSR count). The summed E-state index contributed by atoms with van der Waals surface area (Å²) >= 11 is 0. The van der Waals surface area contributed by atoms with Crippen LogP contribution < -0.4 is 0 Å². The molecule has 13 heavy (non-hydrogen) atoms. The van der Waals surface area contributed by atoms with E-state index >= 15 is 0 Å². The van der Waals surface area contributed by atoms with Gasteiger partial charge in [0.05, 0.1) is 12.1 Å². The normalized spacial score (nSPS) is 19.1. The third kappa shape index (κ3) is 2.32. The van der Waals surface area contributed by atoms with Crippen molar-refractivity contribution in [1.29, 1.82) is 10.5 Å². The van der Waals surface area contributed by atoms with Crippen LogP contribution in [0.3, 0.4) is 0 Å². The molecular formula is C11H10N2. The highest BCUT2D eigenvalue weighted by atomic mass is 14.3. The molecule has 2 heteroatoms. The molecule has 0 fully saturated rings. The van der Waals surface area contributed by atoms with Crippen LogP contribution >= 0.6 is 0 Å². The second-order valence-electron chi connectivity index (χ2n) is 3.58. The molecule has 2 nitrogen and oxygen atoms in total. The molecule has 64 valence electrons. The van der Waals surface area contributed by atoms with Gasteiger partial charge in [-0.3, -0.25) is 0 Å². The van der Waals surface area contributed by atoms with Crippen molar-refractivity contribution in [2.75, 3.05) is 0 Å². The van der Waals surface area contributed by atoms with Crippen LogP contribution in [0.15, 0.2) is 35.5 Å². The van der Waals surface area contributed by atoms with E-state index < -0.39 is 0 Å². The van der Waals surface area contributed by atoms with E-state index in [9.17, 15) is 0 Å². The van der Waals surface area contributed by atoms with Crippen molar-refractivity contribution in [3.05, 3.63) is 35.5 Å². The molecule has 0 radical (unpaired) electrons. The van der Waals surface area contributed by atoms with Gasteiger partial charge in [-0.15, -0.1) is 0 Å². The van der Waals surface area contributed by atoms with Crippen molar-refractivity contribution in [1.82, 2.24) is 0 Å². The summed E-state index contributed by atoms with van der Waals surface area (Å²) in [6.45, 7) is 3.93. The molecule has 1 aliphatic rings. The zero-order valence-electron chi connectivity index (χ0n) is 7.70. The van der Waals surface area contributed by atoms with Gasteiger partial charge in [0.25, 0.3) is 0 Å². The molecule has 0 bridgehead atoms. The third-order valence-corrected chi connectivity index (χ3v) is 1.76. The van der Waals surface area contributed by atoms with E-state index in [1.807, 2.05) is 26.0 Å². The number of allylic oxidation sites excluding steroid dienone is 6. The van der Waals surface area contributed by atoms with Gasteiger partial charge in [-0.05, 0) is 12.2 Å². The average molecular weight is 170 g/mol. The Kier molecular flexibility index (Phi) is 2.35. The van der Waals surface area contributed by atoms with Crippen molar-refractivity contribution in [2.24, 2.45) is 5.41 Å². The molecular weight excluding hydrogens is 160 g/mol. The molecule has 0 aromatic carbocycles. The maximum Gasteiger partial charge on any atom is 0.0988 e. The molecule has 0 atom stereocenters. The molecule has 0 saturated carbocycles. The van der Waals surface area contributed by atoms with Crippen LogP contribution in [0.1, 0.15) is 13.8 Å². The molecule has 0 aromatic rings. The van der Waals surface area contributed by atoms with Crippen LogP contribution in [-0.4, -0.2) is 0 Å². The van der Waals surface area contributed by atoms with Crippen molar-refractivity contribution < 1.29 is 0 Å². The van der Waals surface area contributed by atoms with Gasteiger partial charge in [-0.25, -0.2) is 0 Å². The maximum atomic E-state index is 8.73. The first-order chi connectivity index (χ1) is 6.07. The van der Waals surface area contributed by atoms with Gasteiger partial charge in [0.15, 0.2) is 0 Å². The molecule has 0 aromatic heterocycles. The fourth-order valence-electron chi connectivity index (χ4n) is 1.26. The minimum absolute atomic E-state index is 0.223. The highest BCUT2D eigenvalue weighted by Gasteiger charge is 2.15. The van der Waals surface area contributed by atoms with Gasteiger partial charge in [0.2, 0.25) is 0 Å². The molecule has 0 N–H and O–H groups in total. The van der Waals surface area contributed by atoms with E-state index in [1.54, 1.807) is 12.2 Å². The fourth-order valence-corrected chi connectivity index (χ4v) is 1.26. The van der Waals surface area contributed by atoms with Gasteiger partial charge in [-0.1, -0.05) is 26.0 Å². The highest BCUT2D eigenvalue weighted by Crippen LogP contribution is 2.26. The number of hydrogen-bond donors (Lipinski definition) is 0. The molecule has 0 heterocycles. The maximum absolute atomic E-state index is 8.73. The average Bonchev–Trinajstić information content (AvgIpc) is 2.23. The van der Waals surface area contributed by atoms with E-state index in [2.05, 4.69) is 12.1 Å². The zero-order chi connectivity index (χ0) is 9.90. The number of rotatable bonds is 0. The van der Waals surface area contributed by atoms with Gasteiger partial charge < -0.3 is 0 Å². The Labute approximate surface area is 78.1 Å². The summed E-state index contributed by atoms with van der Waals surface area (Å²) in [6, 6.07) is 4.15.